The fourth-order valence-corrected chi connectivity index (χ4v) is 5.28. The third-order valence-electron chi connectivity index (χ3n) is 6.50. The summed E-state index contributed by atoms with van der Waals surface area (Å²) in [5.74, 6) is -0.402. The third kappa shape index (κ3) is 5.28. The molecule has 0 radical (unpaired) electrons. The van der Waals surface area contributed by atoms with Crippen molar-refractivity contribution in [3.05, 3.63) is 99.9 Å². The smallest absolute Gasteiger partial charge is 0.325 e. The van der Waals surface area contributed by atoms with E-state index in [0.29, 0.717) is 39.8 Å². The van der Waals surface area contributed by atoms with Gasteiger partial charge in [-0.05, 0) is 60.6 Å². The molecule has 1 fully saturated rings. The van der Waals surface area contributed by atoms with Crippen LogP contribution in [0.4, 0.5) is 15.6 Å². The van der Waals surface area contributed by atoms with Crippen molar-refractivity contribution in [3.8, 4) is 11.3 Å². The number of carbonyl (C=O) groups excluding carboxylic acids is 3. The highest BCUT2D eigenvalue weighted by Gasteiger charge is 2.29. The molecule has 1 aliphatic rings. The second-order valence-corrected chi connectivity index (χ2v) is 10.3. The van der Waals surface area contributed by atoms with Crippen molar-refractivity contribution in [3.63, 3.8) is 0 Å². The Morgan fingerprint density at radius 2 is 1.71 bits per heavy atom. The minimum atomic E-state index is -0.693. The molecule has 0 unspecified atom stereocenters. The van der Waals surface area contributed by atoms with E-state index in [0.717, 1.165) is 40.9 Å². The van der Waals surface area contributed by atoms with Crippen molar-refractivity contribution >= 4 is 40.0 Å². The molecule has 5 N–H and O–H groups in total. The van der Waals surface area contributed by atoms with Crippen LogP contribution in [0.25, 0.3) is 11.3 Å². The van der Waals surface area contributed by atoms with Crippen molar-refractivity contribution in [2.24, 2.45) is 11.5 Å². The van der Waals surface area contributed by atoms with Crippen LogP contribution in [0, 0.1) is 6.92 Å². The Kier molecular flexibility index (Phi) is 6.93. The predicted octanol–water partition coefficient (Wildman–Crippen LogP) is 5.24. The molecule has 8 nitrogen and oxygen atoms in total. The molecule has 1 saturated carbocycles. The molecule has 1 heterocycles. The number of aromatic nitrogens is 1. The average Bonchev–Trinajstić information content (AvgIpc) is 3.68. The molecule has 192 valence electrons. The number of aryl methyl sites for hydroxylation is 1. The van der Waals surface area contributed by atoms with Gasteiger partial charge in [0.05, 0.1) is 11.4 Å². The summed E-state index contributed by atoms with van der Waals surface area (Å²) < 4.78 is 0. The molecule has 4 aromatic rings. The van der Waals surface area contributed by atoms with Gasteiger partial charge in [0.15, 0.2) is 5.13 Å². The number of benzene rings is 3. The van der Waals surface area contributed by atoms with Gasteiger partial charge in [-0.25, -0.2) is 14.7 Å². The maximum atomic E-state index is 13.4. The molecule has 0 saturated heterocycles. The fraction of sp³-hybridized carbons (Fsp3) is 0.172. The number of hydrogen-bond acceptors (Lipinski definition) is 5. The lowest BCUT2D eigenvalue weighted by atomic mass is 10.1. The van der Waals surface area contributed by atoms with Gasteiger partial charge in [-0.15, -0.1) is 0 Å². The number of anilines is 2. The van der Waals surface area contributed by atoms with Crippen LogP contribution in [0.15, 0.2) is 72.8 Å². The van der Waals surface area contributed by atoms with Crippen LogP contribution in [0.2, 0.25) is 0 Å². The number of primary amides is 2. The highest BCUT2D eigenvalue weighted by atomic mass is 32.1. The minimum absolute atomic E-state index is 0.285. The summed E-state index contributed by atoms with van der Waals surface area (Å²) in [6.07, 6.45) is 2.24. The quantitative estimate of drug-likeness (QED) is 0.290. The monoisotopic (exact) mass is 525 g/mol. The summed E-state index contributed by atoms with van der Waals surface area (Å²) in [6.45, 7) is 2.24. The zero-order valence-electron chi connectivity index (χ0n) is 20.8. The Labute approximate surface area is 224 Å². The normalized spacial score (nSPS) is 12.7. The first-order chi connectivity index (χ1) is 18.3. The van der Waals surface area contributed by atoms with Crippen molar-refractivity contribution in [1.82, 2.24) is 10.3 Å². The Morgan fingerprint density at radius 3 is 2.34 bits per heavy atom. The number of hydrogen-bond donors (Lipinski definition) is 3. The van der Waals surface area contributed by atoms with E-state index in [2.05, 4.69) is 11.4 Å². The average molecular weight is 526 g/mol. The van der Waals surface area contributed by atoms with Gasteiger partial charge >= 0.3 is 6.03 Å². The van der Waals surface area contributed by atoms with Crippen LogP contribution in [0.1, 0.15) is 55.5 Å². The number of nitrogens with zero attached hydrogens (tertiary/aromatic N) is 2. The van der Waals surface area contributed by atoms with Crippen molar-refractivity contribution < 1.29 is 14.4 Å². The first kappa shape index (κ1) is 25.2. The van der Waals surface area contributed by atoms with Gasteiger partial charge in [-0.3, -0.25) is 9.59 Å². The highest BCUT2D eigenvalue weighted by molar-refractivity contribution is 7.18. The summed E-state index contributed by atoms with van der Waals surface area (Å²) in [5.41, 5.74) is 16.2. The molecule has 0 atom stereocenters. The lowest BCUT2D eigenvalue weighted by Gasteiger charge is -2.20. The molecule has 0 bridgehead atoms. The molecular weight excluding hydrogens is 498 g/mol. The van der Waals surface area contributed by atoms with Crippen molar-refractivity contribution in [2.45, 2.75) is 32.2 Å². The summed E-state index contributed by atoms with van der Waals surface area (Å²) in [5, 5.41) is 3.23. The Hall–Kier alpha value is -4.50. The molecule has 9 heteroatoms. The fourth-order valence-electron chi connectivity index (χ4n) is 4.26. The Bertz CT molecular complexity index is 1510. The molecule has 1 aliphatic carbocycles. The molecule has 38 heavy (non-hydrogen) atoms. The van der Waals surface area contributed by atoms with Crippen LogP contribution < -0.4 is 21.7 Å². The third-order valence-corrected chi connectivity index (χ3v) is 7.53. The largest absolute Gasteiger partial charge is 0.366 e. The second-order valence-electron chi connectivity index (χ2n) is 9.28. The molecule has 3 aromatic carbocycles. The van der Waals surface area contributed by atoms with Gasteiger partial charge in [0.1, 0.15) is 4.88 Å². The van der Waals surface area contributed by atoms with Crippen molar-refractivity contribution in [2.75, 3.05) is 4.90 Å². The van der Waals surface area contributed by atoms with E-state index in [-0.39, 0.29) is 11.0 Å². The summed E-state index contributed by atoms with van der Waals surface area (Å²) in [7, 11) is 0. The molecule has 5 rings (SSSR count). The van der Waals surface area contributed by atoms with E-state index in [1.165, 1.54) is 4.90 Å². The number of amides is 4. The van der Waals surface area contributed by atoms with E-state index < -0.39 is 11.9 Å². The van der Waals surface area contributed by atoms with Crippen LogP contribution in [0.5, 0.6) is 0 Å². The number of nitrogens with two attached hydrogens (primary N) is 2. The van der Waals surface area contributed by atoms with Crippen LogP contribution in [0.3, 0.4) is 0 Å². The first-order valence-corrected chi connectivity index (χ1v) is 13.1. The molecule has 1 aromatic heterocycles. The molecule has 4 amide bonds. The summed E-state index contributed by atoms with van der Waals surface area (Å²) in [4.78, 5) is 44.1. The van der Waals surface area contributed by atoms with Crippen molar-refractivity contribution in [1.29, 1.82) is 0 Å². The number of nitrogens with one attached hydrogen (secondary N) is 1. The maximum absolute atomic E-state index is 13.4. The van der Waals surface area contributed by atoms with Gasteiger partial charge in [0.2, 0.25) is 5.91 Å². The topological polar surface area (TPSA) is 131 Å². The van der Waals surface area contributed by atoms with E-state index in [1.807, 2.05) is 49.4 Å². The minimum Gasteiger partial charge on any atom is -0.366 e. The van der Waals surface area contributed by atoms with Gasteiger partial charge in [-0.2, -0.15) is 0 Å². The van der Waals surface area contributed by atoms with E-state index in [4.69, 9.17) is 16.5 Å². The number of urea groups is 1. The molecular formula is C29H27N5O3S. The number of rotatable bonds is 8. The maximum Gasteiger partial charge on any atom is 0.325 e. The van der Waals surface area contributed by atoms with Gasteiger partial charge in [0, 0.05) is 17.7 Å². The standard InChI is InChI=1S/C29H27N5O3S/c1-17-7-8-22(19-9-10-19)15-23(17)34(28(31)37)29-33-24(20-11-13-21(14-12-20)26(30)35)25(38-29)27(36)32-16-18-5-3-2-4-6-18/h2-8,11-15,19H,9-10,16H2,1H3,(H2,30,35)(H2,31,37)(H,32,36). The second kappa shape index (κ2) is 10.5. The molecule has 0 spiro atoms. The summed E-state index contributed by atoms with van der Waals surface area (Å²) >= 11 is 1.09. The van der Waals surface area contributed by atoms with E-state index in [1.54, 1.807) is 24.3 Å². The number of thiazole rings is 1. The van der Waals surface area contributed by atoms with Gasteiger partial charge < -0.3 is 16.8 Å². The zero-order chi connectivity index (χ0) is 26.8. The van der Waals surface area contributed by atoms with Crippen LogP contribution in [-0.2, 0) is 6.54 Å². The summed E-state index contributed by atoms with van der Waals surface area (Å²) in [6, 6.07) is 21.4. The zero-order valence-corrected chi connectivity index (χ0v) is 21.6. The van der Waals surface area contributed by atoms with Gasteiger partial charge in [0.25, 0.3) is 5.91 Å². The Balaban J connectivity index is 1.56. The molecule has 0 aliphatic heterocycles. The predicted molar refractivity (Wildman–Crippen MR) is 149 cm³/mol. The van der Waals surface area contributed by atoms with E-state index >= 15 is 0 Å². The van der Waals surface area contributed by atoms with Crippen LogP contribution >= 0.6 is 11.3 Å². The SMILES string of the molecule is Cc1ccc(C2CC2)cc1N(C(N)=O)c1nc(-c2ccc(C(N)=O)cc2)c(C(=O)NCc2ccccc2)s1. The lowest BCUT2D eigenvalue weighted by molar-refractivity contribution is 0.0953. The highest BCUT2D eigenvalue weighted by Crippen LogP contribution is 2.43. The Morgan fingerprint density at radius 1 is 1.00 bits per heavy atom. The number of carbonyl (C=O) groups is 3. The van der Waals surface area contributed by atoms with Gasteiger partial charge in [-0.1, -0.05) is 65.9 Å². The first-order valence-electron chi connectivity index (χ1n) is 12.2. The van der Waals surface area contributed by atoms with E-state index in [9.17, 15) is 14.4 Å². The van der Waals surface area contributed by atoms with Crippen LogP contribution in [-0.4, -0.2) is 22.8 Å². The lowest BCUT2D eigenvalue weighted by Crippen LogP contribution is -2.32.